The minimum Gasteiger partial charge on any atom is -0.355 e. The number of benzene rings is 2. The Morgan fingerprint density at radius 2 is 1.79 bits per heavy atom. The third-order valence-corrected chi connectivity index (χ3v) is 4.16. The zero-order valence-electron chi connectivity index (χ0n) is 16.5. The summed E-state index contributed by atoms with van der Waals surface area (Å²) < 4.78 is 0. The molecule has 3 aromatic rings. The molecule has 3 rings (SSSR count). The molecule has 1 heterocycles. The number of pyridine rings is 1. The molecule has 0 unspecified atom stereocenters. The first kappa shape index (κ1) is 22.0. The quantitative estimate of drug-likeness (QED) is 0.583. The predicted octanol–water partition coefficient (Wildman–Crippen LogP) is 4.24. The van der Waals surface area contributed by atoms with Gasteiger partial charge in [0.25, 0.3) is 5.91 Å². The number of carbonyl (C=O) groups is 2. The summed E-state index contributed by atoms with van der Waals surface area (Å²) >= 11 is 0. The van der Waals surface area contributed by atoms with Crippen LogP contribution in [0.4, 0.5) is 22.0 Å². The van der Waals surface area contributed by atoms with Crippen LogP contribution >= 0.6 is 12.4 Å². The SMILES string of the molecule is CCNC(=O)Nc1cc2cccc(Nc3ccc(C(=O)N(C)C)cc3)c2cn1.Cl. The molecule has 0 saturated heterocycles. The first-order valence-corrected chi connectivity index (χ1v) is 9.00. The zero-order chi connectivity index (χ0) is 20.1. The van der Waals surface area contributed by atoms with E-state index >= 15 is 0 Å². The highest BCUT2D eigenvalue weighted by Crippen LogP contribution is 2.27. The first-order valence-electron chi connectivity index (χ1n) is 9.00. The van der Waals surface area contributed by atoms with Gasteiger partial charge in [0.1, 0.15) is 5.82 Å². The predicted molar refractivity (Wildman–Crippen MR) is 119 cm³/mol. The maximum Gasteiger partial charge on any atom is 0.320 e. The van der Waals surface area contributed by atoms with E-state index in [1.54, 1.807) is 37.3 Å². The molecule has 0 bridgehead atoms. The Morgan fingerprint density at radius 1 is 1.07 bits per heavy atom. The van der Waals surface area contributed by atoms with Crippen LogP contribution in [0.25, 0.3) is 10.8 Å². The summed E-state index contributed by atoms with van der Waals surface area (Å²) in [6, 6.07) is 14.7. The Kier molecular flexibility index (Phi) is 7.39. The highest BCUT2D eigenvalue weighted by atomic mass is 35.5. The summed E-state index contributed by atoms with van der Waals surface area (Å²) in [7, 11) is 3.46. The molecule has 0 fully saturated rings. The fraction of sp³-hybridized carbons (Fsp3) is 0.190. The molecule has 29 heavy (non-hydrogen) atoms. The smallest absolute Gasteiger partial charge is 0.320 e. The van der Waals surface area contributed by atoms with Crippen molar-refractivity contribution in [3.05, 3.63) is 60.3 Å². The number of urea groups is 1. The molecule has 1 aromatic heterocycles. The van der Waals surface area contributed by atoms with Crippen molar-refractivity contribution in [1.82, 2.24) is 15.2 Å². The largest absolute Gasteiger partial charge is 0.355 e. The summed E-state index contributed by atoms with van der Waals surface area (Å²) in [6.07, 6.45) is 1.73. The van der Waals surface area contributed by atoms with E-state index in [9.17, 15) is 9.59 Å². The van der Waals surface area contributed by atoms with Crippen molar-refractivity contribution in [1.29, 1.82) is 0 Å². The molecule has 0 radical (unpaired) electrons. The number of nitrogens with zero attached hydrogens (tertiary/aromatic N) is 2. The minimum atomic E-state index is -0.281. The van der Waals surface area contributed by atoms with Gasteiger partial charge in [-0.05, 0) is 48.7 Å². The van der Waals surface area contributed by atoms with Gasteiger partial charge in [0, 0.05) is 49.2 Å². The molecule has 0 aliphatic carbocycles. The van der Waals surface area contributed by atoms with Gasteiger partial charge in [-0.25, -0.2) is 9.78 Å². The fourth-order valence-electron chi connectivity index (χ4n) is 2.78. The van der Waals surface area contributed by atoms with Gasteiger partial charge in [0.2, 0.25) is 0 Å². The Morgan fingerprint density at radius 3 is 2.45 bits per heavy atom. The van der Waals surface area contributed by atoms with Crippen LogP contribution in [-0.4, -0.2) is 42.5 Å². The number of hydrogen-bond donors (Lipinski definition) is 3. The van der Waals surface area contributed by atoms with Crippen LogP contribution in [0.1, 0.15) is 17.3 Å². The Labute approximate surface area is 175 Å². The van der Waals surface area contributed by atoms with Crippen molar-refractivity contribution in [2.24, 2.45) is 0 Å². The second-order valence-corrected chi connectivity index (χ2v) is 6.48. The van der Waals surface area contributed by atoms with Gasteiger partial charge < -0.3 is 15.5 Å². The van der Waals surface area contributed by atoms with E-state index in [4.69, 9.17) is 0 Å². The summed E-state index contributed by atoms with van der Waals surface area (Å²) in [5, 5.41) is 10.6. The molecule has 0 aliphatic rings. The summed E-state index contributed by atoms with van der Waals surface area (Å²) in [5.74, 6) is 0.454. The second-order valence-electron chi connectivity index (χ2n) is 6.48. The van der Waals surface area contributed by atoms with Crippen molar-refractivity contribution in [2.75, 3.05) is 31.3 Å². The van der Waals surface area contributed by atoms with E-state index in [1.165, 1.54) is 0 Å². The Bertz CT molecular complexity index is 1010. The van der Waals surface area contributed by atoms with E-state index in [1.807, 2.05) is 43.3 Å². The van der Waals surface area contributed by atoms with E-state index in [-0.39, 0.29) is 24.3 Å². The molecule has 8 heteroatoms. The van der Waals surface area contributed by atoms with Crippen molar-refractivity contribution in [3.8, 4) is 0 Å². The maximum atomic E-state index is 12.0. The van der Waals surface area contributed by atoms with E-state index in [0.29, 0.717) is 17.9 Å². The maximum absolute atomic E-state index is 12.0. The van der Waals surface area contributed by atoms with E-state index in [0.717, 1.165) is 22.1 Å². The first-order chi connectivity index (χ1) is 13.5. The van der Waals surface area contributed by atoms with Gasteiger partial charge in [-0.1, -0.05) is 12.1 Å². The van der Waals surface area contributed by atoms with Crippen LogP contribution in [0.3, 0.4) is 0 Å². The lowest BCUT2D eigenvalue weighted by molar-refractivity contribution is 0.0827. The van der Waals surface area contributed by atoms with Crippen LogP contribution in [0, 0.1) is 0 Å². The van der Waals surface area contributed by atoms with Gasteiger partial charge in [-0.2, -0.15) is 0 Å². The minimum absolute atomic E-state index is 0. The monoisotopic (exact) mass is 413 g/mol. The third-order valence-electron chi connectivity index (χ3n) is 4.16. The van der Waals surface area contributed by atoms with E-state index in [2.05, 4.69) is 20.9 Å². The van der Waals surface area contributed by atoms with Crippen LogP contribution in [0.5, 0.6) is 0 Å². The summed E-state index contributed by atoms with van der Waals surface area (Å²) in [6.45, 7) is 2.40. The Hall–Kier alpha value is -3.32. The average Bonchev–Trinajstić information content (AvgIpc) is 2.68. The zero-order valence-corrected chi connectivity index (χ0v) is 17.3. The average molecular weight is 414 g/mol. The lowest BCUT2D eigenvalue weighted by atomic mass is 10.1. The highest BCUT2D eigenvalue weighted by Gasteiger charge is 2.09. The normalized spacial score (nSPS) is 10.0. The summed E-state index contributed by atoms with van der Waals surface area (Å²) in [5.41, 5.74) is 2.39. The van der Waals surface area contributed by atoms with Crippen LogP contribution in [0.15, 0.2) is 54.7 Å². The van der Waals surface area contributed by atoms with Gasteiger partial charge in [0.05, 0.1) is 0 Å². The lowest BCUT2D eigenvalue weighted by Crippen LogP contribution is -2.28. The van der Waals surface area contributed by atoms with E-state index < -0.39 is 0 Å². The third kappa shape index (κ3) is 5.36. The highest BCUT2D eigenvalue weighted by molar-refractivity contribution is 5.98. The molecular weight excluding hydrogens is 390 g/mol. The number of carbonyl (C=O) groups excluding carboxylic acids is 2. The molecule has 7 nitrogen and oxygen atoms in total. The second kappa shape index (κ2) is 9.75. The molecule has 2 aromatic carbocycles. The fourth-order valence-corrected chi connectivity index (χ4v) is 2.78. The van der Waals surface area contributed by atoms with Crippen molar-refractivity contribution < 1.29 is 9.59 Å². The van der Waals surface area contributed by atoms with Crippen LogP contribution < -0.4 is 16.0 Å². The number of amides is 3. The number of halogens is 1. The van der Waals surface area contributed by atoms with Gasteiger partial charge in [-0.3, -0.25) is 10.1 Å². The molecule has 0 aliphatic heterocycles. The lowest BCUT2D eigenvalue weighted by Gasteiger charge is -2.13. The standard InChI is InChI=1S/C21H23N5O2.ClH/c1-4-22-21(28)25-19-12-15-6-5-7-18(17(15)13-23-19)24-16-10-8-14(9-11-16)20(27)26(2)3;/h5-13,24H,4H2,1-3H3,(H2,22,23,25,28);1H. The van der Waals surface area contributed by atoms with Crippen LogP contribution in [0.2, 0.25) is 0 Å². The molecule has 0 spiro atoms. The number of rotatable bonds is 5. The molecular formula is C21H24ClN5O2. The number of anilines is 3. The molecule has 3 N–H and O–H groups in total. The molecule has 3 amide bonds. The molecule has 0 saturated carbocycles. The topological polar surface area (TPSA) is 86.4 Å². The number of fused-ring (bicyclic) bond motifs is 1. The van der Waals surface area contributed by atoms with Gasteiger partial charge >= 0.3 is 6.03 Å². The number of nitrogens with one attached hydrogen (secondary N) is 3. The van der Waals surface area contributed by atoms with Crippen molar-refractivity contribution in [2.45, 2.75) is 6.92 Å². The summed E-state index contributed by atoms with van der Waals surface area (Å²) in [4.78, 5) is 29.5. The van der Waals surface area contributed by atoms with Crippen molar-refractivity contribution >= 4 is 52.3 Å². The number of hydrogen-bond acceptors (Lipinski definition) is 4. The van der Waals surface area contributed by atoms with Gasteiger partial charge in [0.15, 0.2) is 0 Å². The van der Waals surface area contributed by atoms with Crippen LogP contribution in [-0.2, 0) is 0 Å². The molecule has 0 atom stereocenters. The molecule has 152 valence electrons. The Balaban J connectivity index is 0.00000300. The number of aromatic nitrogens is 1. The van der Waals surface area contributed by atoms with Crippen molar-refractivity contribution in [3.63, 3.8) is 0 Å². The van der Waals surface area contributed by atoms with Gasteiger partial charge in [-0.15, -0.1) is 12.4 Å².